The summed E-state index contributed by atoms with van der Waals surface area (Å²) < 4.78 is 69.5. The van der Waals surface area contributed by atoms with Crippen molar-refractivity contribution in [2.75, 3.05) is 64.1 Å². The molecule has 5 N–H and O–H groups in total. The first kappa shape index (κ1) is 35.6. The summed E-state index contributed by atoms with van der Waals surface area (Å²) in [7, 11) is 3.08. The molecule has 4 aliphatic heterocycles. The summed E-state index contributed by atoms with van der Waals surface area (Å²) in [5, 5.41) is 9.76. The number of benzene rings is 1. The number of rotatable bonds is 7. The number of carbonyl (C=O) groups excluding carboxylic acids is 1. The predicted molar refractivity (Wildman–Crippen MR) is 176 cm³/mol. The van der Waals surface area contributed by atoms with E-state index in [1.165, 1.54) is 25.1 Å². The maximum atomic E-state index is 14.5. The van der Waals surface area contributed by atoms with E-state index in [1.54, 1.807) is 0 Å². The highest BCUT2D eigenvalue weighted by Gasteiger charge is 2.49. The maximum Gasteiger partial charge on any atom is 0.418 e. The first-order valence-electron chi connectivity index (χ1n) is 16.1. The summed E-state index contributed by atoms with van der Waals surface area (Å²) in [6, 6.07) is 2.30. The third-order valence-corrected chi connectivity index (χ3v) is 10.4. The molecule has 0 saturated carbocycles. The van der Waals surface area contributed by atoms with E-state index in [1.807, 2.05) is 10.2 Å². The van der Waals surface area contributed by atoms with Gasteiger partial charge in [-0.25, -0.2) is 4.39 Å². The van der Waals surface area contributed by atoms with Gasteiger partial charge in [-0.2, -0.15) is 23.1 Å². The van der Waals surface area contributed by atoms with E-state index >= 15 is 0 Å². The number of nitrogens with one attached hydrogen (secondary N) is 1. The van der Waals surface area contributed by atoms with Crippen molar-refractivity contribution in [1.82, 2.24) is 19.8 Å². The highest BCUT2D eigenvalue weighted by molar-refractivity contribution is 6.58. The molecule has 1 aromatic carbocycles. The van der Waals surface area contributed by atoms with Crippen molar-refractivity contribution in [3.63, 3.8) is 0 Å². The Balaban J connectivity index is 1.38. The summed E-state index contributed by atoms with van der Waals surface area (Å²) >= 11 is 12.7. The molecule has 3 atom stereocenters. The number of nitrogen functional groups attached to an aromatic ring is 1. The number of nitrogens with two attached hydrogens (primary N) is 2. The molecule has 0 spiro atoms. The Labute approximate surface area is 291 Å². The molecule has 5 heterocycles. The molecule has 4 aliphatic rings. The number of amides is 1. The van der Waals surface area contributed by atoms with Gasteiger partial charge in [0.2, 0.25) is 0 Å². The predicted octanol–water partition coefficient (Wildman–Crippen LogP) is 3.83. The zero-order valence-electron chi connectivity index (χ0n) is 27.2. The van der Waals surface area contributed by atoms with E-state index in [2.05, 4.69) is 4.90 Å². The second-order valence-electron chi connectivity index (χ2n) is 13.3. The fourth-order valence-electron chi connectivity index (χ4n) is 7.33. The van der Waals surface area contributed by atoms with Crippen LogP contribution in [0.25, 0.3) is 0 Å². The number of carbonyl (C=O) groups is 1. The number of fused-ring (bicyclic) bond motifs is 2. The number of anilines is 2. The van der Waals surface area contributed by atoms with Crippen molar-refractivity contribution in [3.05, 3.63) is 50.3 Å². The van der Waals surface area contributed by atoms with Crippen LogP contribution in [-0.2, 0) is 28.7 Å². The summed E-state index contributed by atoms with van der Waals surface area (Å²) in [6.45, 7) is 2.48. The normalized spacial score (nSPS) is 25.4. The van der Waals surface area contributed by atoms with Crippen LogP contribution in [0, 0.1) is 5.41 Å². The quantitative estimate of drug-likeness (QED) is 0.222. The van der Waals surface area contributed by atoms with Crippen LogP contribution < -0.4 is 20.7 Å². The average Bonchev–Trinajstić information content (AvgIpc) is 3.44. The minimum Gasteiger partial charge on any atom is -0.461 e. The third-order valence-electron chi connectivity index (χ3n) is 9.67. The number of nitrogens with zero attached hydrogens (tertiary/aromatic N) is 5. The molecule has 49 heavy (non-hydrogen) atoms. The van der Waals surface area contributed by atoms with Gasteiger partial charge in [0.25, 0.3) is 5.91 Å². The molecule has 2 aromatic rings. The Kier molecular flexibility index (Phi) is 10.0. The van der Waals surface area contributed by atoms with Gasteiger partial charge < -0.3 is 30.3 Å². The number of alkyl halides is 4. The highest BCUT2D eigenvalue weighted by Crippen LogP contribution is 2.45. The van der Waals surface area contributed by atoms with Crippen LogP contribution in [0.2, 0.25) is 5.02 Å². The van der Waals surface area contributed by atoms with E-state index in [4.69, 9.17) is 53.8 Å². The fourth-order valence-corrected chi connectivity index (χ4v) is 7.89. The fraction of sp³-hybridized carbons (Fsp3) is 0.562. The van der Waals surface area contributed by atoms with Crippen LogP contribution in [0.3, 0.4) is 0 Å². The molecular weight excluding hydrogens is 691 g/mol. The number of aromatic nitrogens is 2. The Hall–Kier alpha value is -3.24. The summed E-state index contributed by atoms with van der Waals surface area (Å²) in [5.74, 6) is -0.0997. The zero-order chi connectivity index (χ0) is 35.2. The Bertz CT molecular complexity index is 1680. The summed E-state index contributed by atoms with van der Waals surface area (Å²) in [5.41, 5.74) is 5.51. The van der Waals surface area contributed by atoms with Crippen LogP contribution >= 0.6 is 23.2 Å². The molecule has 0 bridgehead atoms. The molecule has 1 amide bonds. The van der Waals surface area contributed by atoms with E-state index in [0.717, 1.165) is 25.5 Å². The van der Waals surface area contributed by atoms with Crippen molar-refractivity contribution < 1.29 is 37.1 Å². The van der Waals surface area contributed by atoms with Gasteiger partial charge in [-0.05, 0) is 37.1 Å². The zero-order valence-corrected chi connectivity index (χ0v) is 28.7. The van der Waals surface area contributed by atoms with Crippen molar-refractivity contribution >= 4 is 46.3 Å². The lowest BCUT2D eigenvalue weighted by atomic mass is 9.94. The minimum atomic E-state index is -4.76. The van der Waals surface area contributed by atoms with Gasteiger partial charge in [0.15, 0.2) is 0 Å². The summed E-state index contributed by atoms with van der Waals surface area (Å²) in [4.78, 5) is 27.3. The average molecular weight is 731 g/mol. The smallest absolute Gasteiger partial charge is 0.418 e. The Morgan fingerprint density at radius 2 is 2.04 bits per heavy atom. The van der Waals surface area contributed by atoms with E-state index in [9.17, 15) is 22.4 Å². The molecule has 11 nitrogen and oxygen atoms in total. The Morgan fingerprint density at radius 1 is 1.27 bits per heavy atom. The molecule has 0 aliphatic carbocycles. The molecule has 1 unspecified atom stereocenters. The molecule has 3 saturated heterocycles. The molecular formula is C32H39Cl2F4N8O3+. The van der Waals surface area contributed by atoms with Crippen LogP contribution in [0.5, 0.6) is 6.01 Å². The molecule has 1 aromatic heterocycles. The number of hydrogen-bond donors (Lipinski definition) is 3. The third kappa shape index (κ3) is 7.18. The standard InChI is InChI=1S/C32H38Cl2F4N8O3/c1-44(2)29(47)27(40)26(34)23-14-45(7-4-6-41-23)28-20-15-48-24(19-9-18(39)10-21(33)25(19)32(36,37)38)11-22(20)42-30(43-28)49-16-31-5-3-8-46(31)13-17(35)12-31/h9-10,17,24,40-41H,3-8,11-16,39H2,1-2H3/p+1/b26-23+,40-27?/t17-,24?,31+/m1/s1. The largest absolute Gasteiger partial charge is 0.461 e. The minimum absolute atomic E-state index is 0.0139. The summed E-state index contributed by atoms with van der Waals surface area (Å²) in [6.07, 6.45) is -4.15. The van der Waals surface area contributed by atoms with E-state index in [0.29, 0.717) is 55.2 Å². The van der Waals surface area contributed by atoms with Gasteiger partial charge >= 0.3 is 12.2 Å². The van der Waals surface area contributed by atoms with Gasteiger partial charge in [0.05, 0.1) is 47.6 Å². The number of halogens is 6. The second-order valence-corrected chi connectivity index (χ2v) is 14.1. The first-order valence-corrected chi connectivity index (χ1v) is 16.9. The lowest BCUT2D eigenvalue weighted by Gasteiger charge is -2.33. The van der Waals surface area contributed by atoms with Crippen molar-refractivity contribution in [2.45, 2.75) is 62.7 Å². The molecule has 17 heteroatoms. The topological polar surface area (TPSA) is 138 Å². The highest BCUT2D eigenvalue weighted by atomic mass is 35.5. The van der Waals surface area contributed by atoms with Crippen LogP contribution in [-0.4, -0.2) is 96.5 Å². The van der Waals surface area contributed by atoms with E-state index < -0.39 is 40.5 Å². The molecule has 266 valence electrons. The number of ether oxygens (including phenoxy) is 2. The first-order chi connectivity index (χ1) is 23.2. The maximum absolute atomic E-state index is 14.5. The van der Waals surface area contributed by atoms with Gasteiger partial charge in [0, 0.05) is 57.7 Å². The molecule has 3 fully saturated rings. The monoisotopic (exact) mass is 729 g/mol. The van der Waals surface area contributed by atoms with Gasteiger partial charge in [0.1, 0.15) is 35.0 Å². The number of hydrogen-bond acceptors (Lipinski definition) is 9. The van der Waals surface area contributed by atoms with Gasteiger partial charge in [-0.15, -0.1) is 0 Å². The van der Waals surface area contributed by atoms with Crippen LogP contribution in [0.1, 0.15) is 54.2 Å². The second kappa shape index (κ2) is 13.8. The van der Waals surface area contributed by atoms with Crippen LogP contribution in [0.15, 0.2) is 22.9 Å². The van der Waals surface area contributed by atoms with E-state index in [-0.39, 0.29) is 54.2 Å². The molecule has 6 rings (SSSR count). The van der Waals surface area contributed by atoms with Crippen LogP contribution in [0.4, 0.5) is 29.1 Å². The van der Waals surface area contributed by atoms with Crippen molar-refractivity contribution in [3.8, 4) is 6.01 Å². The lowest BCUT2D eigenvalue weighted by molar-refractivity contribution is -0.605. The Morgan fingerprint density at radius 3 is 2.78 bits per heavy atom. The van der Waals surface area contributed by atoms with Gasteiger partial charge in [-0.3, -0.25) is 15.1 Å². The SMILES string of the molecule is CN(C)C(=O)C(=N)/C(Cl)=C1/CN(c2nc(OC[C@@]34CCCN3C[C@H](F)C4)nc3c2COC(c2cc(N)cc(Cl)c2C(F)(F)F)C3)CCC[NH2+]1. The lowest BCUT2D eigenvalue weighted by Crippen LogP contribution is -2.83. The molecule has 0 radical (unpaired) electrons. The number of quaternary nitrogens is 1. The van der Waals surface area contributed by atoms with Crippen molar-refractivity contribution in [2.24, 2.45) is 0 Å². The van der Waals surface area contributed by atoms with Crippen molar-refractivity contribution in [1.29, 1.82) is 5.41 Å². The van der Waals surface area contributed by atoms with Gasteiger partial charge in [-0.1, -0.05) is 23.2 Å².